The van der Waals surface area contributed by atoms with Gasteiger partial charge in [-0.2, -0.15) is 0 Å². The van der Waals surface area contributed by atoms with Crippen molar-refractivity contribution in [2.24, 2.45) is 0 Å². The first kappa shape index (κ1) is 35.2. The number of hydrogen-bond acceptors (Lipinski definition) is 2. The lowest BCUT2D eigenvalue weighted by Gasteiger charge is -2.26. The molecule has 282 valence electrons. The largest absolute Gasteiger partial charge is 0.456 e. The van der Waals surface area contributed by atoms with Crippen LogP contribution >= 0.6 is 0 Å². The average molecular weight is 766 g/mol. The van der Waals surface area contributed by atoms with Gasteiger partial charge in [-0.15, -0.1) is 0 Å². The van der Waals surface area contributed by atoms with E-state index in [0.29, 0.717) is 0 Å². The van der Waals surface area contributed by atoms with Crippen LogP contribution in [0.2, 0.25) is 0 Å². The average Bonchev–Trinajstić information content (AvgIpc) is 3.72. The van der Waals surface area contributed by atoms with E-state index in [-0.39, 0.29) is 0 Å². The first-order chi connectivity index (χ1) is 29.7. The minimum Gasteiger partial charge on any atom is -0.456 e. The van der Waals surface area contributed by atoms with Crippen molar-refractivity contribution >= 4 is 49.8 Å². The van der Waals surface area contributed by atoms with E-state index in [2.05, 4.69) is 229 Å². The summed E-state index contributed by atoms with van der Waals surface area (Å²) in [5, 5.41) is 4.77. The number of furan rings is 1. The molecule has 0 bridgehead atoms. The van der Waals surface area contributed by atoms with Gasteiger partial charge in [0.25, 0.3) is 0 Å². The zero-order valence-corrected chi connectivity index (χ0v) is 32.9. The van der Waals surface area contributed by atoms with Gasteiger partial charge in [-0.25, -0.2) is 0 Å². The van der Waals surface area contributed by atoms with E-state index >= 15 is 0 Å². The molecule has 0 N–H and O–H groups in total. The Morgan fingerprint density at radius 1 is 0.267 bits per heavy atom. The molecule has 2 heteroatoms. The molecule has 0 spiro atoms. The molecule has 0 unspecified atom stereocenters. The quantitative estimate of drug-likeness (QED) is 0.153. The molecule has 10 aromatic carbocycles. The fourth-order valence-electron chi connectivity index (χ4n) is 8.73. The molecule has 60 heavy (non-hydrogen) atoms. The third-order valence-electron chi connectivity index (χ3n) is 11.7. The molecule has 0 atom stereocenters. The van der Waals surface area contributed by atoms with Gasteiger partial charge in [0, 0.05) is 27.8 Å². The first-order valence-corrected chi connectivity index (χ1v) is 20.5. The smallest absolute Gasteiger partial charge is 0.136 e. The van der Waals surface area contributed by atoms with Crippen molar-refractivity contribution in [2.75, 3.05) is 4.90 Å². The van der Waals surface area contributed by atoms with Crippen LogP contribution in [0.1, 0.15) is 0 Å². The van der Waals surface area contributed by atoms with Crippen molar-refractivity contribution < 1.29 is 4.42 Å². The normalized spacial score (nSPS) is 11.3. The van der Waals surface area contributed by atoms with Gasteiger partial charge in [-0.1, -0.05) is 176 Å². The molecule has 0 saturated heterocycles. The van der Waals surface area contributed by atoms with Gasteiger partial charge in [0.2, 0.25) is 0 Å². The Balaban J connectivity index is 0.997. The van der Waals surface area contributed by atoms with E-state index < -0.39 is 0 Å². The zero-order valence-electron chi connectivity index (χ0n) is 32.9. The van der Waals surface area contributed by atoms with Crippen molar-refractivity contribution in [1.82, 2.24) is 0 Å². The SMILES string of the molecule is c1ccc(-c2cccc(-c3ccc(N(c4ccc(-c5cccc6oc7ccccc7c56)cc4)c4cccc(-c5cccc(-c6cccc7ccccc67)c5)c4)cc3)c2)cc1. The third-order valence-corrected chi connectivity index (χ3v) is 11.7. The number of anilines is 3. The molecule has 0 aliphatic rings. The number of rotatable bonds is 8. The van der Waals surface area contributed by atoms with Crippen molar-refractivity contribution in [2.45, 2.75) is 0 Å². The molecule has 0 aliphatic carbocycles. The second-order valence-corrected chi connectivity index (χ2v) is 15.3. The summed E-state index contributed by atoms with van der Waals surface area (Å²) >= 11 is 0. The fourth-order valence-corrected chi connectivity index (χ4v) is 8.73. The highest BCUT2D eigenvalue weighted by atomic mass is 16.3. The van der Waals surface area contributed by atoms with E-state index in [1.54, 1.807) is 0 Å². The third kappa shape index (κ3) is 6.51. The molecule has 0 radical (unpaired) electrons. The first-order valence-electron chi connectivity index (χ1n) is 20.5. The van der Waals surface area contributed by atoms with Crippen LogP contribution < -0.4 is 4.90 Å². The molecule has 11 aromatic rings. The number of fused-ring (bicyclic) bond motifs is 4. The van der Waals surface area contributed by atoms with Gasteiger partial charge in [0.15, 0.2) is 0 Å². The maximum absolute atomic E-state index is 6.25. The Kier molecular flexibility index (Phi) is 8.87. The molecule has 0 saturated carbocycles. The Morgan fingerprint density at radius 3 is 1.52 bits per heavy atom. The molecule has 0 amide bonds. The maximum Gasteiger partial charge on any atom is 0.136 e. The molecular formula is C58H39NO. The lowest BCUT2D eigenvalue weighted by Crippen LogP contribution is -2.10. The summed E-state index contributed by atoms with van der Waals surface area (Å²) in [5.74, 6) is 0. The molecule has 0 fully saturated rings. The molecule has 1 aromatic heterocycles. The Morgan fingerprint density at radius 2 is 0.750 bits per heavy atom. The summed E-state index contributed by atoms with van der Waals surface area (Å²) in [6, 6.07) is 84.9. The van der Waals surface area contributed by atoms with Gasteiger partial charge in [0.1, 0.15) is 11.2 Å². The summed E-state index contributed by atoms with van der Waals surface area (Å²) in [7, 11) is 0. The molecule has 0 aliphatic heterocycles. The van der Waals surface area contributed by atoms with E-state index in [0.717, 1.165) is 55.7 Å². The number of hydrogen-bond donors (Lipinski definition) is 0. The second-order valence-electron chi connectivity index (χ2n) is 15.3. The lowest BCUT2D eigenvalue weighted by molar-refractivity contribution is 0.669. The van der Waals surface area contributed by atoms with E-state index in [4.69, 9.17) is 4.42 Å². The summed E-state index contributed by atoms with van der Waals surface area (Å²) in [5.41, 5.74) is 16.9. The topological polar surface area (TPSA) is 16.4 Å². The van der Waals surface area contributed by atoms with Crippen LogP contribution in [-0.2, 0) is 0 Å². The molecule has 1 heterocycles. The minimum atomic E-state index is 0.898. The second kappa shape index (κ2) is 15.1. The number of benzene rings is 10. The zero-order chi connectivity index (χ0) is 39.8. The highest BCUT2D eigenvalue weighted by Crippen LogP contribution is 2.41. The predicted molar refractivity (Wildman–Crippen MR) is 253 cm³/mol. The van der Waals surface area contributed by atoms with Crippen molar-refractivity contribution in [1.29, 1.82) is 0 Å². The van der Waals surface area contributed by atoms with Crippen LogP contribution in [0.5, 0.6) is 0 Å². The van der Waals surface area contributed by atoms with Gasteiger partial charge < -0.3 is 9.32 Å². The predicted octanol–water partition coefficient (Wildman–Crippen LogP) is 16.5. The Labute approximate surface area is 349 Å². The minimum absolute atomic E-state index is 0.898. The fraction of sp³-hybridized carbons (Fsp3) is 0. The summed E-state index contributed by atoms with van der Waals surface area (Å²) < 4.78 is 6.25. The maximum atomic E-state index is 6.25. The van der Waals surface area contributed by atoms with Gasteiger partial charge in [-0.05, 0) is 127 Å². The van der Waals surface area contributed by atoms with Crippen LogP contribution in [-0.4, -0.2) is 0 Å². The Hall–Kier alpha value is -7.94. The number of nitrogens with zero attached hydrogens (tertiary/aromatic N) is 1. The van der Waals surface area contributed by atoms with Gasteiger partial charge >= 0.3 is 0 Å². The summed E-state index contributed by atoms with van der Waals surface area (Å²) in [6.45, 7) is 0. The summed E-state index contributed by atoms with van der Waals surface area (Å²) in [4.78, 5) is 2.36. The molecule has 11 rings (SSSR count). The van der Waals surface area contributed by atoms with Crippen LogP contribution in [0.3, 0.4) is 0 Å². The molecular weight excluding hydrogens is 727 g/mol. The highest BCUT2D eigenvalue weighted by molar-refractivity contribution is 6.12. The van der Waals surface area contributed by atoms with Gasteiger partial charge in [-0.3, -0.25) is 0 Å². The summed E-state index contributed by atoms with van der Waals surface area (Å²) in [6.07, 6.45) is 0. The van der Waals surface area contributed by atoms with E-state index in [1.165, 1.54) is 49.7 Å². The van der Waals surface area contributed by atoms with E-state index in [1.807, 2.05) is 12.1 Å². The number of para-hydroxylation sites is 1. The lowest BCUT2D eigenvalue weighted by atomic mass is 9.95. The van der Waals surface area contributed by atoms with E-state index in [9.17, 15) is 0 Å². The van der Waals surface area contributed by atoms with Crippen LogP contribution in [0.4, 0.5) is 17.1 Å². The highest BCUT2D eigenvalue weighted by Gasteiger charge is 2.17. The van der Waals surface area contributed by atoms with Crippen LogP contribution in [0.15, 0.2) is 241 Å². The van der Waals surface area contributed by atoms with Crippen molar-refractivity contribution in [3.8, 4) is 55.6 Å². The van der Waals surface area contributed by atoms with Crippen molar-refractivity contribution in [3.05, 3.63) is 237 Å². The monoisotopic (exact) mass is 765 g/mol. The van der Waals surface area contributed by atoms with Gasteiger partial charge in [0.05, 0.1) is 0 Å². The van der Waals surface area contributed by atoms with Crippen LogP contribution in [0.25, 0.3) is 88.3 Å². The van der Waals surface area contributed by atoms with Crippen molar-refractivity contribution in [3.63, 3.8) is 0 Å². The standard InChI is InChI=1S/C58H39NO/c1-2-13-40(14-3-1)44-17-8-18-45(37-44)41-29-33-49(34-30-41)59(50-35-31-43(32-36-50)54-26-12-28-57-58(54)55-24-6-7-27-56(55)60-57)51-22-10-20-47(39-51)46-19-9-21-48(38-46)53-25-11-16-42-15-4-5-23-52(42)53/h1-39H. The molecule has 2 nitrogen and oxygen atoms in total. The Bertz CT molecular complexity index is 3300. The van der Waals surface area contributed by atoms with Crippen LogP contribution in [0, 0.1) is 0 Å².